The van der Waals surface area contributed by atoms with Gasteiger partial charge in [-0.05, 0) is 61.7 Å². The van der Waals surface area contributed by atoms with Crippen molar-refractivity contribution in [3.05, 3.63) is 53.8 Å². The third kappa shape index (κ3) is 4.67. The maximum absolute atomic E-state index is 13.2. The van der Waals surface area contributed by atoms with Crippen LogP contribution in [0.25, 0.3) is 0 Å². The zero-order valence-corrected chi connectivity index (χ0v) is 18.0. The van der Waals surface area contributed by atoms with Gasteiger partial charge in [0.2, 0.25) is 15.9 Å². The highest BCUT2D eigenvalue weighted by Gasteiger charge is 2.33. The zero-order chi connectivity index (χ0) is 22.0. The number of hydrogen-bond donors (Lipinski definition) is 1. The van der Waals surface area contributed by atoms with E-state index in [1.165, 1.54) is 16.4 Å². The van der Waals surface area contributed by atoms with Gasteiger partial charge in [-0.15, -0.1) is 0 Å². The van der Waals surface area contributed by atoms with Gasteiger partial charge in [0, 0.05) is 13.1 Å². The Labute approximate surface area is 181 Å². The van der Waals surface area contributed by atoms with Crippen LogP contribution < -0.4 is 14.8 Å². The van der Waals surface area contributed by atoms with Crippen LogP contribution in [0.2, 0.25) is 0 Å². The molecule has 2 aromatic carbocycles. The minimum Gasteiger partial charge on any atom is -0.486 e. The second-order valence-electron chi connectivity index (χ2n) is 7.79. The van der Waals surface area contributed by atoms with Crippen LogP contribution in [0, 0.1) is 11.7 Å². The molecule has 2 heterocycles. The maximum atomic E-state index is 13.2. The second kappa shape index (κ2) is 8.84. The van der Waals surface area contributed by atoms with Crippen molar-refractivity contribution in [1.29, 1.82) is 0 Å². The van der Waals surface area contributed by atoms with E-state index in [9.17, 15) is 17.6 Å². The molecule has 0 aliphatic carbocycles. The van der Waals surface area contributed by atoms with Crippen LogP contribution in [0.15, 0.2) is 47.4 Å². The van der Waals surface area contributed by atoms with E-state index in [1.54, 1.807) is 0 Å². The molecule has 2 aromatic rings. The molecule has 1 N–H and O–H groups in total. The lowest BCUT2D eigenvalue weighted by Gasteiger charge is -2.32. The quantitative estimate of drug-likeness (QED) is 0.760. The van der Waals surface area contributed by atoms with Crippen molar-refractivity contribution in [3.8, 4) is 11.5 Å². The smallest absolute Gasteiger partial charge is 0.243 e. The summed E-state index contributed by atoms with van der Waals surface area (Å²) in [5, 5.41) is 2.99. The number of nitrogens with one attached hydrogen (secondary N) is 1. The summed E-state index contributed by atoms with van der Waals surface area (Å²) in [7, 11) is -3.78. The molecular weight excluding hydrogens is 423 g/mol. The summed E-state index contributed by atoms with van der Waals surface area (Å²) in [6.45, 7) is 3.30. The maximum Gasteiger partial charge on any atom is 0.243 e. The van der Waals surface area contributed by atoms with E-state index >= 15 is 0 Å². The van der Waals surface area contributed by atoms with Gasteiger partial charge in [-0.3, -0.25) is 4.79 Å². The molecule has 1 saturated heterocycles. The molecule has 0 bridgehead atoms. The Morgan fingerprint density at radius 2 is 1.84 bits per heavy atom. The van der Waals surface area contributed by atoms with Crippen molar-refractivity contribution < 1.29 is 27.1 Å². The van der Waals surface area contributed by atoms with Crippen molar-refractivity contribution in [3.63, 3.8) is 0 Å². The second-order valence-corrected chi connectivity index (χ2v) is 9.73. The largest absolute Gasteiger partial charge is 0.486 e. The SMILES string of the molecule is C[C@H](NC(=O)[C@@H]1CCCN(S(=O)(=O)c2ccc(F)cc2)C1)c1ccc2c(c1)OCCO2. The molecule has 7 nitrogen and oxygen atoms in total. The average molecular weight is 449 g/mol. The summed E-state index contributed by atoms with van der Waals surface area (Å²) in [6.07, 6.45) is 1.19. The number of ether oxygens (including phenoxy) is 2. The molecule has 0 radical (unpaired) electrons. The van der Waals surface area contributed by atoms with E-state index in [4.69, 9.17) is 9.47 Å². The molecule has 0 saturated carbocycles. The van der Waals surface area contributed by atoms with Gasteiger partial charge in [-0.25, -0.2) is 12.8 Å². The van der Waals surface area contributed by atoms with Gasteiger partial charge in [0.1, 0.15) is 19.0 Å². The lowest BCUT2D eigenvalue weighted by molar-refractivity contribution is -0.126. The minimum absolute atomic E-state index is 0.0274. The molecule has 2 aliphatic heterocycles. The van der Waals surface area contributed by atoms with E-state index < -0.39 is 21.8 Å². The van der Waals surface area contributed by atoms with Gasteiger partial charge >= 0.3 is 0 Å². The molecule has 9 heteroatoms. The summed E-state index contributed by atoms with van der Waals surface area (Å²) >= 11 is 0. The number of fused-ring (bicyclic) bond motifs is 1. The first-order valence-electron chi connectivity index (χ1n) is 10.3. The van der Waals surface area contributed by atoms with E-state index in [2.05, 4.69) is 5.32 Å². The van der Waals surface area contributed by atoms with Gasteiger partial charge in [-0.2, -0.15) is 4.31 Å². The number of piperidine rings is 1. The fourth-order valence-electron chi connectivity index (χ4n) is 3.87. The van der Waals surface area contributed by atoms with Crippen LogP contribution in [0.5, 0.6) is 11.5 Å². The highest BCUT2D eigenvalue weighted by Crippen LogP contribution is 2.33. The number of sulfonamides is 1. The number of benzene rings is 2. The fourth-order valence-corrected chi connectivity index (χ4v) is 5.40. The Hall–Kier alpha value is -2.65. The molecule has 2 aliphatic rings. The van der Waals surface area contributed by atoms with Gasteiger partial charge < -0.3 is 14.8 Å². The summed E-state index contributed by atoms with van der Waals surface area (Å²) in [4.78, 5) is 12.9. The topological polar surface area (TPSA) is 84.9 Å². The Bertz CT molecular complexity index is 1060. The molecule has 0 spiro atoms. The number of amides is 1. The predicted octanol–water partition coefficient (Wildman–Crippen LogP) is 2.88. The monoisotopic (exact) mass is 448 g/mol. The van der Waals surface area contributed by atoms with Crippen molar-refractivity contribution in [1.82, 2.24) is 9.62 Å². The van der Waals surface area contributed by atoms with Crippen LogP contribution in [-0.4, -0.2) is 44.9 Å². The summed E-state index contributed by atoms with van der Waals surface area (Å²) < 4.78 is 51.4. The van der Waals surface area contributed by atoms with Crippen molar-refractivity contribution in [2.45, 2.75) is 30.7 Å². The first kappa shape index (κ1) is 21.6. The minimum atomic E-state index is -3.78. The molecule has 166 valence electrons. The molecule has 0 aromatic heterocycles. The number of rotatable bonds is 5. The van der Waals surface area contributed by atoms with Crippen molar-refractivity contribution >= 4 is 15.9 Å². The molecule has 2 atom stereocenters. The lowest BCUT2D eigenvalue weighted by Crippen LogP contribution is -2.45. The van der Waals surface area contributed by atoms with E-state index in [0.717, 1.165) is 17.7 Å². The van der Waals surface area contributed by atoms with E-state index in [-0.39, 0.29) is 23.4 Å². The molecule has 31 heavy (non-hydrogen) atoms. The van der Waals surface area contributed by atoms with Crippen LogP contribution >= 0.6 is 0 Å². The lowest BCUT2D eigenvalue weighted by atomic mass is 9.97. The summed E-state index contributed by atoms with van der Waals surface area (Å²) in [5.74, 6) is 0.189. The van der Waals surface area contributed by atoms with Gasteiger partial charge in [0.25, 0.3) is 0 Å². The van der Waals surface area contributed by atoms with Crippen LogP contribution in [-0.2, 0) is 14.8 Å². The van der Waals surface area contributed by atoms with E-state index in [1.807, 2.05) is 25.1 Å². The van der Waals surface area contributed by atoms with Crippen molar-refractivity contribution in [2.24, 2.45) is 5.92 Å². The van der Waals surface area contributed by atoms with Crippen molar-refractivity contribution in [2.75, 3.05) is 26.3 Å². The number of carbonyl (C=O) groups excluding carboxylic acids is 1. The standard InChI is InChI=1S/C22H25FN2O5S/c1-15(16-4-9-20-21(13-16)30-12-11-29-20)24-22(26)17-3-2-10-25(14-17)31(27,28)19-7-5-18(23)6-8-19/h4-9,13,15,17H,2-3,10-12,14H2,1H3,(H,24,26)/t15-,17+/m0/s1. The number of hydrogen-bond acceptors (Lipinski definition) is 5. The third-order valence-corrected chi connectivity index (χ3v) is 7.51. The Morgan fingerprint density at radius 1 is 1.13 bits per heavy atom. The third-order valence-electron chi connectivity index (χ3n) is 5.63. The molecule has 0 unspecified atom stereocenters. The molecule has 4 rings (SSSR count). The van der Waals surface area contributed by atoms with Gasteiger partial charge in [0.05, 0.1) is 16.9 Å². The molecule has 1 fully saturated rings. The van der Waals surface area contributed by atoms with Crippen LogP contribution in [0.3, 0.4) is 0 Å². The average Bonchev–Trinajstić information content (AvgIpc) is 2.79. The highest BCUT2D eigenvalue weighted by atomic mass is 32.2. The Kier molecular flexibility index (Phi) is 6.15. The first-order chi connectivity index (χ1) is 14.8. The predicted molar refractivity (Wildman–Crippen MR) is 112 cm³/mol. The Morgan fingerprint density at radius 3 is 2.58 bits per heavy atom. The summed E-state index contributed by atoms with van der Waals surface area (Å²) in [6, 6.07) is 10.0. The van der Waals surface area contributed by atoms with Gasteiger partial charge in [-0.1, -0.05) is 6.07 Å². The summed E-state index contributed by atoms with van der Waals surface area (Å²) in [5.41, 5.74) is 0.879. The fraction of sp³-hybridized carbons (Fsp3) is 0.409. The normalized spacial score (nSPS) is 20.1. The number of nitrogens with zero attached hydrogens (tertiary/aromatic N) is 1. The molecule has 1 amide bonds. The Balaban J connectivity index is 1.42. The van der Waals surface area contributed by atoms with Crippen LogP contribution in [0.4, 0.5) is 4.39 Å². The number of halogens is 1. The number of carbonyl (C=O) groups is 1. The van der Waals surface area contributed by atoms with Crippen LogP contribution in [0.1, 0.15) is 31.4 Å². The highest BCUT2D eigenvalue weighted by molar-refractivity contribution is 7.89. The zero-order valence-electron chi connectivity index (χ0n) is 17.2. The first-order valence-corrected chi connectivity index (χ1v) is 11.7. The molecular formula is C22H25FN2O5S. The van der Waals surface area contributed by atoms with E-state index in [0.29, 0.717) is 44.1 Å². The van der Waals surface area contributed by atoms with Gasteiger partial charge in [0.15, 0.2) is 11.5 Å².